The topological polar surface area (TPSA) is 67.4 Å². The Morgan fingerprint density at radius 3 is 2.39 bits per heavy atom. The van der Waals surface area contributed by atoms with E-state index < -0.39 is 11.8 Å². The summed E-state index contributed by atoms with van der Waals surface area (Å²) in [6.45, 7) is 3.70. The molecule has 0 aliphatic rings. The molecule has 23 heavy (non-hydrogen) atoms. The maximum absolute atomic E-state index is 11.8. The maximum atomic E-state index is 11.8. The minimum Gasteiger partial charge on any atom is -0.484 e. The molecule has 0 radical (unpaired) electrons. The van der Waals surface area contributed by atoms with Crippen LogP contribution in [-0.4, -0.2) is 18.4 Å². The molecule has 2 N–H and O–H groups in total. The van der Waals surface area contributed by atoms with E-state index in [1.807, 2.05) is 32.0 Å². The minimum absolute atomic E-state index is 0.196. The molecule has 0 saturated heterocycles. The number of nitrogens with one attached hydrogen (secondary N) is 2. The third kappa shape index (κ3) is 5.30. The highest BCUT2D eigenvalue weighted by Gasteiger charge is 2.08. The molecule has 2 amide bonds. The fraction of sp³-hybridized carbons (Fsp3) is 0.176. The second kappa shape index (κ2) is 7.65. The third-order valence-corrected chi connectivity index (χ3v) is 3.20. The van der Waals surface area contributed by atoms with E-state index in [1.165, 1.54) is 6.07 Å². The van der Waals surface area contributed by atoms with Gasteiger partial charge in [0.1, 0.15) is 5.75 Å². The Kier molecular flexibility index (Phi) is 5.60. The quantitative estimate of drug-likeness (QED) is 0.846. The molecule has 120 valence electrons. The fourth-order valence-electron chi connectivity index (χ4n) is 2.03. The lowest BCUT2D eigenvalue weighted by atomic mass is 10.1. The fourth-order valence-corrected chi connectivity index (χ4v) is 2.22. The highest BCUT2D eigenvalue weighted by atomic mass is 35.5. The number of hydrogen-bond donors (Lipinski definition) is 2. The van der Waals surface area contributed by atoms with E-state index in [4.69, 9.17) is 16.3 Å². The Hall–Kier alpha value is -2.53. The molecule has 0 unspecified atom stereocenters. The van der Waals surface area contributed by atoms with E-state index in [0.29, 0.717) is 16.3 Å². The van der Waals surface area contributed by atoms with E-state index in [1.54, 1.807) is 18.2 Å². The molecule has 0 spiro atoms. The number of benzene rings is 2. The predicted octanol–water partition coefficient (Wildman–Crippen LogP) is 2.80. The molecule has 0 aromatic heterocycles. The van der Waals surface area contributed by atoms with Gasteiger partial charge in [-0.1, -0.05) is 23.7 Å². The summed E-state index contributed by atoms with van der Waals surface area (Å²) in [7, 11) is 0. The van der Waals surface area contributed by atoms with Crippen molar-refractivity contribution in [2.45, 2.75) is 13.8 Å². The Balaban J connectivity index is 1.82. The van der Waals surface area contributed by atoms with Crippen molar-refractivity contribution in [3.05, 3.63) is 64.2 Å². The molecule has 0 aliphatic heterocycles. The van der Waals surface area contributed by atoms with Crippen molar-refractivity contribution < 1.29 is 14.3 Å². The van der Waals surface area contributed by atoms with Gasteiger partial charge in [-0.2, -0.15) is 0 Å². The van der Waals surface area contributed by atoms with Crippen molar-refractivity contribution >= 4 is 23.4 Å². The SMILES string of the molecule is Cc1cc(C)cc(OCC(=O)NNC(=O)c2cccc(Cl)c2)c1. The van der Waals surface area contributed by atoms with Crippen LogP contribution < -0.4 is 15.6 Å². The summed E-state index contributed by atoms with van der Waals surface area (Å²) in [6.07, 6.45) is 0. The van der Waals surface area contributed by atoms with E-state index in [2.05, 4.69) is 10.9 Å². The van der Waals surface area contributed by atoms with Gasteiger partial charge in [-0.3, -0.25) is 20.4 Å². The van der Waals surface area contributed by atoms with Gasteiger partial charge in [-0.05, 0) is 55.3 Å². The summed E-state index contributed by atoms with van der Waals surface area (Å²) in [5.41, 5.74) is 7.06. The van der Waals surface area contributed by atoms with E-state index in [9.17, 15) is 9.59 Å². The van der Waals surface area contributed by atoms with Gasteiger partial charge in [-0.25, -0.2) is 0 Å². The molecular formula is C17H17ClN2O3. The lowest BCUT2D eigenvalue weighted by Gasteiger charge is -2.10. The van der Waals surface area contributed by atoms with Crippen molar-refractivity contribution in [1.82, 2.24) is 10.9 Å². The van der Waals surface area contributed by atoms with Crippen LogP contribution in [-0.2, 0) is 4.79 Å². The van der Waals surface area contributed by atoms with E-state index in [0.717, 1.165) is 11.1 Å². The lowest BCUT2D eigenvalue weighted by molar-refractivity contribution is -0.123. The van der Waals surface area contributed by atoms with Gasteiger partial charge in [0.15, 0.2) is 6.61 Å². The van der Waals surface area contributed by atoms with Crippen molar-refractivity contribution in [1.29, 1.82) is 0 Å². The zero-order chi connectivity index (χ0) is 16.8. The van der Waals surface area contributed by atoms with Crippen LogP contribution in [0.25, 0.3) is 0 Å². The first-order chi connectivity index (χ1) is 10.9. The van der Waals surface area contributed by atoms with E-state index in [-0.39, 0.29) is 6.61 Å². The smallest absolute Gasteiger partial charge is 0.276 e. The van der Waals surface area contributed by atoms with Gasteiger partial charge in [-0.15, -0.1) is 0 Å². The number of carbonyl (C=O) groups is 2. The van der Waals surface area contributed by atoms with E-state index >= 15 is 0 Å². The number of hydrogen-bond acceptors (Lipinski definition) is 3. The van der Waals surface area contributed by atoms with Crippen LogP contribution in [0.4, 0.5) is 0 Å². The van der Waals surface area contributed by atoms with Crippen LogP contribution in [0.15, 0.2) is 42.5 Å². The molecule has 5 nitrogen and oxygen atoms in total. The number of rotatable bonds is 4. The minimum atomic E-state index is -0.459. The highest BCUT2D eigenvalue weighted by Crippen LogP contribution is 2.15. The molecule has 2 aromatic carbocycles. The third-order valence-electron chi connectivity index (χ3n) is 2.97. The number of hydrazine groups is 1. The number of ether oxygens (including phenoxy) is 1. The van der Waals surface area contributed by atoms with Crippen LogP contribution in [0.2, 0.25) is 5.02 Å². The first kappa shape index (κ1) is 16.8. The number of halogens is 1. The molecule has 0 fully saturated rings. The van der Waals surface area contributed by atoms with Crippen molar-refractivity contribution in [2.24, 2.45) is 0 Å². The normalized spacial score (nSPS) is 10.0. The second-order valence-corrected chi connectivity index (χ2v) is 5.56. The van der Waals surface area contributed by atoms with Crippen LogP contribution in [0, 0.1) is 13.8 Å². The first-order valence-corrected chi connectivity index (χ1v) is 7.37. The molecule has 0 atom stereocenters. The Bertz CT molecular complexity index is 711. The largest absolute Gasteiger partial charge is 0.484 e. The van der Waals surface area contributed by atoms with Crippen LogP contribution in [0.5, 0.6) is 5.75 Å². The average molecular weight is 333 g/mol. The van der Waals surface area contributed by atoms with Crippen molar-refractivity contribution in [3.63, 3.8) is 0 Å². The molecular weight excluding hydrogens is 316 g/mol. The summed E-state index contributed by atoms with van der Waals surface area (Å²) in [5, 5.41) is 0.446. The van der Waals surface area contributed by atoms with Gasteiger partial charge >= 0.3 is 0 Å². The van der Waals surface area contributed by atoms with Gasteiger partial charge in [0, 0.05) is 10.6 Å². The predicted molar refractivity (Wildman–Crippen MR) is 88.5 cm³/mol. The van der Waals surface area contributed by atoms with Crippen molar-refractivity contribution in [3.8, 4) is 5.75 Å². The summed E-state index contributed by atoms with van der Waals surface area (Å²) in [5.74, 6) is -0.300. The number of amides is 2. The standard InChI is InChI=1S/C17H17ClN2O3/c1-11-6-12(2)8-15(7-11)23-10-16(21)19-20-17(22)13-4-3-5-14(18)9-13/h3-9H,10H2,1-2H3,(H,19,21)(H,20,22). The molecule has 0 saturated carbocycles. The zero-order valence-corrected chi connectivity index (χ0v) is 13.6. The van der Waals surface area contributed by atoms with Gasteiger partial charge in [0.25, 0.3) is 11.8 Å². The van der Waals surface area contributed by atoms with Gasteiger partial charge in [0.2, 0.25) is 0 Å². The average Bonchev–Trinajstić information content (AvgIpc) is 2.49. The van der Waals surface area contributed by atoms with Crippen LogP contribution in [0.3, 0.4) is 0 Å². The lowest BCUT2D eigenvalue weighted by Crippen LogP contribution is -2.43. The first-order valence-electron chi connectivity index (χ1n) is 7.00. The molecule has 0 aliphatic carbocycles. The van der Waals surface area contributed by atoms with Gasteiger partial charge < -0.3 is 4.74 Å². The molecule has 2 rings (SSSR count). The summed E-state index contributed by atoms with van der Waals surface area (Å²) < 4.78 is 5.40. The van der Waals surface area contributed by atoms with Crippen molar-refractivity contribution in [2.75, 3.05) is 6.61 Å². The maximum Gasteiger partial charge on any atom is 0.276 e. The molecule has 2 aromatic rings. The second-order valence-electron chi connectivity index (χ2n) is 5.12. The Morgan fingerprint density at radius 2 is 1.74 bits per heavy atom. The monoisotopic (exact) mass is 332 g/mol. The summed E-state index contributed by atoms with van der Waals surface area (Å²) >= 11 is 5.81. The highest BCUT2D eigenvalue weighted by molar-refractivity contribution is 6.30. The van der Waals surface area contributed by atoms with Crippen LogP contribution in [0.1, 0.15) is 21.5 Å². The molecule has 6 heteroatoms. The molecule has 0 heterocycles. The van der Waals surface area contributed by atoms with Crippen LogP contribution >= 0.6 is 11.6 Å². The number of aryl methyl sites for hydroxylation is 2. The summed E-state index contributed by atoms with van der Waals surface area (Å²) in [4.78, 5) is 23.6. The zero-order valence-electron chi connectivity index (χ0n) is 12.9. The molecule has 0 bridgehead atoms. The summed E-state index contributed by atoms with van der Waals surface area (Å²) in [6, 6.07) is 12.1. The Labute approximate surface area is 139 Å². The number of carbonyl (C=O) groups excluding carboxylic acids is 2. The Morgan fingerprint density at radius 1 is 1.04 bits per heavy atom. The van der Waals surface area contributed by atoms with Gasteiger partial charge in [0.05, 0.1) is 0 Å².